The van der Waals surface area contributed by atoms with Crippen molar-refractivity contribution in [3.63, 3.8) is 0 Å². The summed E-state index contributed by atoms with van der Waals surface area (Å²) in [5.41, 5.74) is 1.65. The molecule has 0 aromatic carbocycles. The van der Waals surface area contributed by atoms with Gasteiger partial charge in [0.15, 0.2) is 0 Å². The molecule has 6 nitrogen and oxygen atoms in total. The third-order valence-corrected chi connectivity index (χ3v) is 3.79. The fraction of sp³-hybridized carbons (Fsp3) is 0.857. The summed E-state index contributed by atoms with van der Waals surface area (Å²) in [6, 6.07) is -0.174. The van der Waals surface area contributed by atoms with Gasteiger partial charge in [-0.2, -0.15) is 0 Å². The molecule has 0 aromatic rings. The van der Waals surface area contributed by atoms with Crippen LogP contribution in [0, 0.1) is 5.92 Å². The molecule has 1 rings (SSSR count). The highest BCUT2D eigenvalue weighted by Gasteiger charge is 2.39. The number of hydrogen-bond acceptors (Lipinski definition) is 4. The van der Waals surface area contributed by atoms with E-state index in [1.807, 2.05) is 20.8 Å². The maximum Gasteiger partial charge on any atom is 0.410 e. The molecule has 2 atom stereocenters. The zero-order valence-electron chi connectivity index (χ0n) is 13.0. The molecular weight excluding hydrogens is 294 g/mol. The molecule has 0 saturated carbocycles. The number of alkyl halides is 1. The molecule has 0 aromatic heterocycles. The molecule has 21 heavy (non-hydrogen) atoms. The van der Waals surface area contributed by atoms with Gasteiger partial charge in [-0.3, -0.25) is 10.2 Å². The van der Waals surface area contributed by atoms with E-state index in [1.165, 1.54) is 0 Å². The van der Waals surface area contributed by atoms with Crippen LogP contribution < -0.4 is 11.3 Å². The smallest absolute Gasteiger partial charge is 0.410 e. The van der Waals surface area contributed by atoms with Gasteiger partial charge in [0.1, 0.15) is 5.60 Å². The lowest BCUT2D eigenvalue weighted by Gasteiger charge is -2.32. The van der Waals surface area contributed by atoms with E-state index >= 15 is 0 Å². The summed E-state index contributed by atoms with van der Waals surface area (Å²) in [4.78, 5) is 25.9. The largest absolute Gasteiger partial charge is 0.444 e. The minimum Gasteiger partial charge on any atom is -0.444 e. The number of hydrogen-bond donors (Lipinski definition) is 2. The van der Waals surface area contributed by atoms with Crippen LogP contribution in [-0.4, -0.2) is 41.0 Å². The van der Waals surface area contributed by atoms with Crippen LogP contribution in [0.1, 0.15) is 46.5 Å². The highest BCUT2D eigenvalue weighted by Crippen LogP contribution is 2.29. The zero-order valence-corrected chi connectivity index (χ0v) is 13.8. The van der Waals surface area contributed by atoms with Gasteiger partial charge in [-0.15, -0.1) is 11.6 Å². The third kappa shape index (κ3) is 5.36. The van der Waals surface area contributed by atoms with E-state index in [2.05, 4.69) is 5.43 Å². The number of rotatable bonds is 5. The molecule has 1 aliphatic heterocycles. The molecule has 2 unspecified atom stereocenters. The average molecular weight is 320 g/mol. The van der Waals surface area contributed by atoms with Crippen molar-refractivity contribution in [2.24, 2.45) is 11.8 Å². The molecule has 2 amide bonds. The topological polar surface area (TPSA) is 84.7 Å². The molecule has 1 fully saturated rings. The molecule has 122 valence electrons. The number of ether oxygens (including phenoxy) is 1. The van der Waals surface area contributed by atoms with Gasteiger partial charge in [0, 0.05) is 18.5 Å². The van der Waals surface area contributed by atoms with Crippen LogP contribution in [-0.2, 0) is 9.53 Å². The van der Waals surface area contributed by atoms with Crippen molar-refractivity contribution in [2.45, 2.75) is 58.1 Å². The maximum absolute atomic E-state index is 12.3. The zero-order chi connectivity index (χ0) is 16.0. The first-order valence-corrected chi connectivity index (χ1v) is 7.89. The Morgan fingerprint density at radius 3 is 2.67 bits per heavy atom. The third-order valence-electron chi connectivity index (χ3n) is 3.52. The van der Waals surface area contributed by atoms with Gasteiger partial charge in [0.05, 0.1) is 5.92 Å². The normalized spacial score (nSPS) is 20.2. The lowest BCUT2D eigenvalue weighted by molar-refractivity contribution is -0.127. The van der Waals surface area contributed by atoms with E-state index in [9.17, 15) is 9.59 Å². The Morgan fingerprint density at radius 2 is 2.14 bits per heavy atom. The SMILES string of the molecule is CC(C)(C)OC(=O)N1CCCC1C(CCCCl)C(=O)NN. The Bertz CT molecular complexity index is 371. The van der Waals surface area contributed by atoms with Gasteiger partial charge in [-0.05, 0) is 46.5 Å². The maximum atomic E-state index is 12.3. The van der Waals surface area contributed by atoms with E-state index in [0.29, 0.717) is 25.3 Å². The second kappa shape index (κ2) is 7.84. The van der Waals surface area contributed by atoms with Crippen LogP contribution >= 0.6 is 11.6 Å². The first kappa shape index (κ1) is 18.0. The molecule has 7 heteroatoms. The summed E-state index contributed by atoms with van der Waals surface area (Å²) in [5.74, 6) is 5.15. The Labute approximate surface area is 131 Å². The quantitative estimate of drug-likeness (QED) is 0.351. The van der Waals surface area contributed by atoms with Crippen molar-refractivity contribution in [3.8, 4) is 0 Å². The van der Waals surface area contributed by atoms with Crippen molar-refractivity contribution in [1.29, 1.82) is 0 Å². The van der Waals surface area contributed by atoms with Crippen LogP contribution in [0.5, 0.6) is 0 Å². The summed E-state index contributed by atoms with van der Waals surface area (Å²) < 4.78 is 5.42. The van der Waals surface area contributed by atoms with E-state index in [1.54, 1.807) is 4.90 Å². The summed E-state index contributed by atoms with van der Waals surface area (Å²) in [5, 5.41) is 0. The second-order valence-corrected chi connectivity index (χ2v) is 6.71. The van der Waals surface area contributed by atoms with Gasteiger partial charge in [-0.25, -0.2) is 10.6 Å². The second-order valence-electron chi connectivity index (χ2n) is 6.33. The Balaban J connectivity index is 2.80. The number of hydrazine groups is 1. The van der Waals surface area contributed by atoms with Crippen molar-refractivity contribution in [2.75, 3.05) is 12.4 Å². The summed E-state index contributed by atoms with van der Waals surface area (Å²) in [7, 11) is 0. The standard InChI is InChI=1S/C14H26ClN3O3/c1-14(2,3)21-13(20)18-9-5-7-11(18)10(6-4-8-15)12(19)17-16/h10-11H,4-9,16H2,1-3H3,(H,17,19). The van der Waals surface area contributed by atoms with E-state index in [-0.39, 0.29) is 24.0 Å². The predicted molar refractivity (Wildman–Crippen MR) is 81.7 cm³/mol. The van der Waals surface area contributed by atoms with Crippen LogP contribution in [0.15, 0.2) is 0 Å². The number of carbonyl (C=O) groups is 2. The highest BCUT2D eigenvalue weighted by molar-refractivity contribution is 6.17. The van der Waals surface area contributed by atoms with Crippen LogP contribution in [0.3, 0.4) is 0 Å². The number of nitrogens with zero attached hydrogens (tertiary/aromatic N) is 1. The summed E-state index contributed by atoms with van der Waals surface area (Å²) in [6.45, 7) is 6.09. The number of amides is 2. The minimum absolute atomic E-state index is 0.174. The number of likely N-dealkylation sites (tertiary alicyclic amines) is 1. The molecule has 0 spiro atoms. The molecule has 3 N–H and O–H groups in total. The lowest BCUT2D eigenvalue weighted by atomic mass is 9.92. The van der Waals surface area contributed by atoms with Crippen molar-refractivity contribution < 1.29 is 14.3 Å². The van der Waals surface area contributed by atoms with Crippen molar-refractivity contribution in [3.05, 3.63) is 0 Å². The van der Waals surface area contributed by atoms with E-state index in [0.717, 1.165) is 12.8 Å². The molecule has 1 heterocycles. The summed E-state index contributed by atoms with van der Waals surface area (Å²) >= 11 is 5.72. The minimum atomic E-state index is -0.550. The Morgan fingerprint density at radius 1 is 1.48 bits per heavy atom. The Kier molecular flexibility index (Phi) is 6.74. The van der Waals surface area contributed by atoms with Gasteiger partial charge >= 0.3 is 6.09 Å². The fourth-order valence-electron chi connectivity index (χ4n) is 2.66. The van der Waals surface area contributed by atoms with Crippen molar-refractivity contribution in [1.82, 2.24) is 10.3 Å². The number of nitrogens with two attached hydrogens (primary N) is 1. The molecule has 1 aliphatic rings. The van der Waals surface area contributed by atoms with Gasteiger partial charge < -0.3 is 9.64 Å². The molecule has 0 bridgehead atoms. The monoisotopic (exact) mass is 319 g/mol. The first-order valence-electron chi connectivity index (χ1n) is 7.36. The average Bonchev–Trinajstić information content (AvgIpc) is 2.86. The van der Waals surface area contributed by atoms with Crippen LogP contribution in [0.25, 0.3) is 0 Å². The lowest BCUT2D eigenvalue weighted by Crippen LogP contribution is -2.49. The van der Waals surface area contributed by atoms with Gasteiger partial charge in [-0.1, -0.05) is 0 Å². The Hall–Kier alpha value is -1.01. The molecule has 0 radical (unpaired) electrons. The summed E-state index contributed by atoms with van der Waals surface area (Å²) in [6.07, 6.45) is 2.58. The number of nitrogens with one attached hydrogen (secondary N) is 1. The number of carbonyl (C=O) groups excluding carboxylic acids is 2. The number of halogens is 1. The van der Waals surface area contributed by atoms with Crippen LogP contribution in [0.2, 0.25) is 0 Å². The van der Waals surface area contributed by atoms with Gasteiger partial charge in [0.25, 0.3) is 0 Å². The van der Waals surface area contributed by atoms with Gasteiger partial charge in [0.2, 0.25) is 5.91 Å². The molecule has 1 saturated heterocycles. The van der Waals surface area contributed by atoms with Crippen LogP contribution in [0.4, 0.5) is 4.79 Å². The van der Waals surface area contributed by atoms with E-state index < -0.39 is 5.60 Å². The first-order chi connectivity index (χ1) is 9.80. The molecule has 0 aliphatic carbocycles. The predicted octanol–water partition coefficient (Wildman–Crippen LogP) is 2.01. The van der Waals surface area contributed by atoms with Crippen molar-refractivity contribution >= 4 is 23.6 Å². The van der Waals surface area contributed by atoms with E-state index in [4.69, 9.17) is 22.2 Å². The fourth-order valence-corrected chi connectivity index (χ4v) is 2.81. The highest BCUT2D eigenvalue weighted by atomic mass is 35.5. The molecular formula is C14H26ClN3O3.